The molecule has 2 aromatic heterocycles. The Labute approximate surface area is 130 Å². The number of hydrogen-bond acceptors (Lipinski definition) is 4. The van der Waals surface area contributed by atoms with Gasteiger partial charge in [0, 0.05) is 18.8 Å². The van der Waals surface area contributed by atoms with Crippen LogP contribution < -0.4 is 4.90 Å². The van der Waals surface area contributed by atoms with Crippen LogP contribution in [0.5, 0.6) is 0 Å². The summed E-state index contributed by atoms with van der Waals surface area (Å²) in [6.07, 6.45) is 4.21. The molecule has 0 unspecified atom stereocenters. The second-order valence-corrected chi connectivity index (χ2v) is 5.49. The van der Waals surface area contributed by atoms with Gasteiger partial charge >= 0.3 is 0 Å². The Morgan fingerprint density at radius 2 is 1.86 bits per heavy atom. The number of nitrogens with zero attached hydrogens (tertiary/aromatic N) is 4. The van der Waals surface area contributed by atoms with Crippen molar-refractivity contribution in [3.05, 3.63) is 59.1 Å². The van der Waals surface area contributed by atoms with Crippen LogP contribution in [-0.2, 0) is 0 Å². The second-order valence-electron chi connectivity index (χ2n) is 5.49. The number of nitriles is 1. The topological polar surface area (TPSA) is 52.8 Å². The summed E-state index contributed by atoms with van der Waals surface area (Å²) in [6, 6.07) is 13.8. The number of piperidine rings is 1. The van der Waals surface area contributed by atoms with E-state index in [2.05, 4.69) is 27.0 Å². The van der Waals surface area contributed by atoms with E-state index in [1.54, 1.807) is 6.07 Å². The van der Waals surface area contributed by atoms with Crippen molar-refractivity contribution in [2.75, 3.05) is 18.0 Å². The molecule has 1 fully saturated rings. The molecule has 4 nitrogen and oxygen atoms in total. The van der Waals surface area contributed by atoms with Crippen LogP contribution >= 0.6 is 0 Å². The highest BCUT2D eigenvalue weighted by atomic mass is 15.2. The van der Waals surface area contributed by atoms with Gasteiger partial charge in [-0.2, -0.15) is 5.26 Å². The van der Waals surface area contributed by atoms with Crippen molar-refractivity contribution in [3.8, 4) is 6.07 Å². The Morgan fingerprint density at radius 1 is 1.09 bits per heavy atom. The molecule has 0 saturated carbocycles. The number of aromatic nitrogens is 2. The van der Waals surface area contributed by atoms with Gasteiger partial charge in [-0.1, -0.05) is 17.7 Å². The summed E-state index contributed by atoms with van der Waals surface area (Å²) in [6.45, 7) is 3.87. The molecule has 0 radical (unpaired) electrons. The van der Waals surface area contributed by atoms with E-state index >= 15 is 0 Å². The first kappa shape index (κ1) is 14.3. The highest BCUT2D eigenvalue weighted by Crippen LogP contribution is 2.23. The van der Waals surface area contributed by atoms with Crippen molar-refractivity contribution in [2.24, 2.45) is 0 Å². The van der Waals surface area contributed by atoms with Crippen molar-refractivity contribution >= 4 is 11.9 Å². The van der Waals surface area contributed by atoms with Crippen LogP contribution in [0.25, 0.3) is 6.08 Å². The molecular formula is C18H18N4. The van der Waals surface area contributed by atoms with E-state index in [1.807, 2.05) is 37.3 Å². The summed E-state index contributed by atoms with van der Waals surface area (Å²) in [7, 11) is 0. The molecule has 2 aromatic rings. The Balaban J connectivity index is 1.68. The Kier molecular flexibility index (Phi) is 4.15. The zero-order valence-corrected chi connectivity index (χ0v) is 12.7. The second kappa shape index (κ2) is 6.40. The fraction of sp³-hybridized carbons (Fsp3) is 0.278. The molecule has 1 saturated heterocycles. The molecule has 0 aliphatic carbocycles. The lowest BCUT2D eigenvalue weighted by molar-refractivity contribution is 0.680. The minimum Gasteiger partial charge on any atom is -0.356 e. The van der Waals surface area contributed by atoms with Crippen LogP contribution in [0, 0.1) is 18.3 Å². The van der Waals surface area contributed by atoms with E-state index in [0.29, 0.717) is 5.69 Å². The highest BCUT2D eigenvalue weighted by molar-refractivity contribution is 5.51. The van der Waals surface area contributed by atoms with Gasteiger partial charge in [0.1, 0.15) is 17.6 Å². The molecule has 4 heteroatoms. The molecule has 3 rings (SSSR count). The summed E-state index contributed by atoms with van der Waals surface area (Å²) in [5, 5.41) is 8.94. The van der Waals surface area contributed by atoms with Crippen molar-refractivity contribution in [2.45, 2.75) is 19.8 Å². The number of hydrogen-bond donors (Lipinski definition) is 0. The van der Waals surface area contributed by atoms with Gasteiger partial charge in [0.15, 0.2) is 0 Å². The zero-order chi connectivity index (χ0) is 15.4. The highest BCUT2D eigenvalue weighted by Gasteiger charge is 2.15. The van der Waals surface area contributed by atoms with E-state index in [0.717, 1.165) is 43.1 Å². The molecule has 0 bridgehead atoms. The summed E-state index contributed by atoms with van der Waals surface area (Å²) in [5.41, 5.74) is 3.98. The number of rotatable bonds is 2. The first-order chi connectivity index (χ1) is 10.7. The molecule has 0 amide bonds. The van der Waals surface area contributed by atoms with Gasteiger partial charge in [0.05, 0.1) is 5.69 Å². The van der Waals surface area contributed by atoms with Crippen molar-refractivity contribution < 1.29 is 0 Å². The van der Waals surface area contributed by atoms with Crippen molar-refractivity contribution in [1.29, 1.82) is 5.26 Å². The van der Waals surface area contributed by atoms with Crippen LogP contribution in [-0.4, -0.2) is 23.1 Å². The summed E-state index contributed by atoms with van der Waals surface area (Å²) < 4.78 is 0. The maximum Gasteiger partial charge on any atom is 0.142 e. The van der Waals surface area contributed by atoms with Gasteiger partial charge < -0.3 is 4.90 Å². The quantitative estimate of drug-likeness (QED) is 0.851. The SMILES string of the molecule is Cc1cccc(C=C2CCN(c3cccc(C#N)n3)CC2)n1. The maximum absolute atomic E-state index is 8.94. The third kappa shape index (κ3) is 3.32. The summed E-state index contributed by atoms with van der Waals surface area (Å²) >= 11 is 0. The smallest absolute Gasteiger partial charge is 0.142 e. The fourth-order valence-electron chi connectivity index (χ4n) is 2.68. The predicted molar refractivity (Wildman–Crippen MR) is 87.4 cm³/mol. The number of aryl methyl sites for hydroxylation is 1. The zero-order valence-electron chi connectivity index (χ0n) is 12.7. The summed E-state index contributed by atoms with van der Waals surface area (Å²) in [4.78, 5) is 11.1. The number of anilines is 1. The largest absolute Gasteiger partial charge is 0.356 e. The molecule has 0 spiro atoms. The standard InChI is InChI=1S/C18H18N4/c1-14-4-2-5-16(20-14)12-15-8-10-22(11-9-15)18-7-3-6-17(13-19)21-18/h2-7,12H,8-11H2,1H3. The first-order valence-electron chi connectivity index (χ1n) is 7.50. The van der Waals surface area contributed by atoms with Crippen LogP contribution in [0.2, 0.25) is 0 Å². The first-order valence-corrected chi connectivity index (χ1v) is 7.50. The van der Waals surface area contributed by atoms with Gasteiger partial charge in [-0.15, -0.1) is 0 Å². The molecule has 3 heterocycles. The van der Waals surface area contributed by atoms with Gasteiger partial charge in [-0.25, -0.2) is 4.98 Å². The third-order valence-corrected chi connectivity index (χ3v) is 3.84. The van der Waals surface area contributed by atoms with Gasteiger partial charge in [0.2, 0.25) is 0 Å². The number of pyridine rings is 2. The lowest BCUT2D eigenvalue weighted by Crippen LogP contribution is -2.31. The van der Waals surface area contributed by atoms with Crippen LogP contribution in [0.15, 0.2) is 42.0 Å². The van der Waals surface area contributed by atoms with Crippen LogP contribution in [0.4, 0.5) is 5.82 Å². The fourth-order valence-corrected chi connectivity index (χ4v) is 2.68. The monoisotopic (exact) mass is 290 g/mol. The van der Waals surface area contributed by atoms with Crippen LogP contribution in [0.3, 0.4) is 0 Å². The van der Waals surface area contributed by atoms with E-state index in [1.165, 1.54) is 5.57 Å². The van der Waals surface area contributed by atoms with Crippen LogP contribution in [0.1, 0.15) is 29.9 Å². The van der Waals surface area contributed by atoms with Gasteiger partial charge in [-0.05, 0) is 50.1 Å². The normalized spacial score (nSPS) is 14.5. The van der Waals surface area contributed by atoms with E-state index in [4.69, 9.17) is 5.26 Å². The van der Waals surface area contributed by atoms with E-state index < -0.39 is 0 Å². The molecule has 1 aliphatic rings. The molecule has 0 aromatic carbocycles. The minimum atomic E-state index is 0.475. The molecule has 0 atom stereocenters. The summed E-state index contributed by atoms with van der Waals surface area (Å²) in [5.74, 6) is 0.895. The molecule has 110 valence electrons. The Hall–Kier alpha value is -2.67. The Morgan fingerprint density at radius 3 is 2.59 bits per heavy atom. The average Bonchev–Trinajstić information content (AvgIpc) is 2.56. The third-order valence-electron chi connectivity index (χ3n) is 3.84. The van der Waals surface area contributed by atoms with Gasteiger partial charge in [0.25, 0.3) is 0 Å². The Bertz CT molecular complexity index is 733. The van der Waals surface area contributed by atoms with Crippen molar-refractivity contribution in [1.82, 2.24) is 9.97 Å². The average molecular weight is 290 g/mol. The van der Waals surface area contributed by atoms with Crippen molar-refractivity contribution in [3.63, 3.8) is 0 Å². The van der Waals surface area contributed by atoms with E-state index in [9.17, 15) is 0 Å². The predicted octanol–water partition coefficient (Wildman–Crippen LogP) is 3.34. The molecule has 22 heavy (non-hydrogen) atoms. The minimum absolute atomic E-state index is 0.475. The van der Waals surface area contributed by atoms with Gasteiger partial charge in [-0.3, -0.25) is 4.98 Å². The van der Waals surface area contributed by atoms with E-state index in [-0.39, 0.29) is 0 Å². The molecular weight excluding hydrogens is 272 g/mol. The molecule has 1 aliphatic heterocycles. The lowest BCUT2D eigenvalue weighted by Gasteiger charge is -2.29. The maximum atomic E-state index is 8.94. The molecule has 0 N–H and O–H groups in total. The lowest BCUT2D eigenvalue weighted by atomic mass is 10.0.